The third kappa shape index (κ3) is 3.00. The minimum absolute atomic E-state index is 0.380. The normalized spacial score (nSPS) is 18.2. The molecule has 1 heterocycles. The van der Waals surface area contributed by atoms with Crippen LogP contribution in [0.1, 0.15) is 27.7 Å². The highest BCUT2D eigenvalue weighted by atomic mass is 16.7. The number of hydrogen-bond acceptors (Lipinski definition) is 3. The van der Waals surface area contributed by atoms with Crippen molar-refractivity contribution in [2.45, 2.75) is 38.9 Å². The monoisotopic (exact) mass is 346 g/mol. The van der Waals surface area contributed by atoms with Crippen molar-refractivity contribution >= 4 is 23.4 Å². The van der Waals surface area contributed by atoms with Gasteiger partial charge in [-0.25, -0.2) is 0 Å². The first-order chi connectivity index (χ1) is 12.4. The topological polar surface area (TPSA) is 27.7 Å². The summed E-state index contributed by atoms with van der Waals surface area (Å²) in [5, 5.41) is 2.22. The molecule has 0 N–H and O–H groups in total. The lowest BCUT2D eigenvalue weighted by Gasteiger charge is -2.32. The lowest BCUT2D eigenvalue weighted by atomic mass is 9.76. The van der Waals surface area contributed by atoms with Crippen LogP contribution in [0.5, 0.6) is 11.5 Å². The van der Waals surface area contributed by atoms with Gasteiger partial charge in [0.15, 0.2) is 0 Å². The molecule has 0 unspecified atom stereocenters. The van der Waals surface area contributed by atoms with E-state index in [1.165, 1.54) is 0 Å². The average Bonchev–Trinajstić information content (AvgIpc) is 2.83. The minimum atomic E-state index is -0.427. The molecule has 1 aliphatic rings. The van der Waals surface area contributed by atoms with Crippen LogP contribution in [-0.4, -0.2) is 18.3 Å². The SMILES string of the molecule is CC1(C)OB(c2cc(Oc3ccccc3)cc3ccccc23)OC1(C)C. The van der Waals surface area contributed by atoms with Crippen LogP contribution in [0.25, 0.3) is 10.8 Å². The molecule has 4 rings (SSSR count). The van der Waals surface area contributed by atoms with E-state index in [9.17, 15) is 0 Å². The zero-order chi connectivity index (χ0) is 18.4. The van der Waals surface area contributed by atoms with Gasteiger partial charge in [0.25, 0.3) is 0 Å². The smallest absolute Gasteiger partial charge is 0.457 e. The molecule has 26 heavy (non-hydrogen) atoms. The molecule has 0 atom stereocenters. The summed E-state index contributed by atoms with van der Waals surface area (Å²) < 4.78 is 18.7. The van der Waals surface area contributed by atoms with Gasteiger partial charge in [-0.15, -0.1) is 0 Å². The van der Waals surface area contributed by atoms with Gasteiger partial charge < -0.3 is 14.0 Å². The first-order valence-electron chi connectivity index (χ1n) is 8.97. The van der Waals surface area contributed by atoms with Crippen molar-refractivity contribution in [3.8, 4) is 11.5 Å². The second kappa shape index (κ2) is 6.15. The van der Waals surface area contributed by atoms with E-state index in [0.29, 0.717) is 0 Å². The summed E-state index contributed by atoms with van der Waals surface area (Å²) in [7, 11) is -0.427. The van der Waals surface area contributed by atoms with Gasteiger partial charge in [0.05, 0.1) is 11.2 Å². The first-order valence-corrected chi connectivity index (χ1v) is 8.97. The molecule has 0 aliphatic carbocycles. The highest BCUT2D eigenvalue weighted by Gasteiger charge is 2.52. The van der Waals surface area contributed by atoms with E-state index in [1.807, 2.05) is 48.5 Å². The van der Waals surface area contributed by atoms with Crippen molar-refractivity contribution in [2.75, 3.05) is 0 Å². The molecular formula is C22H23BO3. The van der Waals surface area contributed by atoms with Crippen molar-refractivity contribution in [2.24, 2.45) is 0 Å². The molecule has 0 radical (unpaired) electrons. The quantitative estimate of drug-likeness (QED) is 0.629. The number of ether oxygens (including phenoxy) is 1. The molecule has 4 heteroatoms. The van der Waals surface area contributed by atoms with Crippen LogP contribution in [0.2, 0.25) is 0 Å². The summed E-state index contributed by atoms with van der Waals surface area (Å²) in [5.74, 6) is 1.59. The van der Waals surface area contributed by atoms with Crippen LogP contribution < -0.4 is 10.2 Å². The van der Waals surface area contributed by atoms with Crippen LogP contribution in [0.3, 0.4) is 0 Å². The second-order valence-corrected chi connectivity index (χ2v) is 7.74. The molecule has 0 amide bonds. The van der Waals surface area contributed by atoms with Crippen LogP contribution in [0.15, 0.2) is 66.7 Å². The summed E-state index contributed by atoms with van der Waals surface area (Å²) in [6.45, 7) is 8.28. The Morgan fingerprint density at radius 1 is 0.731 bits per heavy atom. The van der Waals surface area contributed by atoms with Crippen molar-refractivity contribution in [1.29, 1.82) is 0 Å². The Morgan fingerprint density at radius 2 is 1.35 bits per heavy atom. The van der Waals surface area contributed by atoms with Gasteiger partial charge in [0.2, 0.25) is 0 Å². The fourth-order valence-corrected chi connectivity index (χ4v) is 3.16. The van der Waals surface area contributed by atoms with E-state index in [0.717, 1.165) is 27.7 Å². The third-order valence-electron chi connectivity index (χ3n) is 5.35. The van der Waals surface area contributed by atoms with E-state index in [2.05, 4.69) is 45.9 Å². The number of rotatable bonds is 3. The first kappa shape index (κ1) is 17.1. The predicted octanol–water partition coefficient (Wildman–Crippen LogP) is 4.93. The van der Waals surface area contributed by atoms with Crippen LogP contribution in [-0.2, 0) is 9.31 Å². The van der Waals surface area contributed by atoms with Crippen molar-refractivity contribution in [3.63, 3.8) is 0 Å². The highest BCUT2D eigenvalue weighted by Crippen LogP contribution is 2.37. The summed E-state index contributed by atoms with van der Waals surface area (Å²) in [6, 6.07) is 22.1. The van der Waals surface area contributed by atoms with Crippen molar-refractivity contribution < 1.29 is 14.0 Å². The summed E-state index contributed by atoms with van der Waals surface area (Å²) in [4.78, 5) is 0. The van der Waals surface area contributed by atoms with E-state index < -0.39 is 7.12 Å². The molecular weight excluding hydrogens is 323 g/mol. The highest BCUT2D eigenvalue weighted by molar-refractivity contribution is 6.65. The summed E-state index contributed by atoms with van der Waals surface area (Å²) >= 11 is 0. The molecule has 1 saturated heterocycles. The third-order valence-corrected chi connectivity index (χ3v) is 5.35. The Labute approximate surface area is 155 Å². The Bertz CT molecular complexity index is 919. The summed E-state index contributed by atoms with van der Waals surface area (Å²) in [5.41, 5.74) is 0.233. The molecule has 0 saturated carbocycles. The van der Waals surface area contributed by atoms with Gasteiger partial charge in [-0.2, -0.15) is 0 Å². The molecule has 0 aromatic heterocycles. The lowest BCUT2D eigenvalue weighted by molar-refractivity contribution is 0.00578. The standard InChI is InChI=1S/C22H23BO3/c1-21(2)22(3,4)26-23(25-21)20-15-18(24-17-11-6-5-7-12-17)14-16-10-8-9-13-19(16)20/h5-15H,1-4H3. The van der Waals surface area contributed by atoms with Gasteiger partial charge in [-0.3, -0.25) is 0 Å². The molecule has 1 aliphatic heterocycles. The zero-order valence-electron chi connectivity index (χ0n) is 15.7. The number of hydrogen-bond donors (Lipinski definition) is 0. The Kier molecular flexibility index (Phi) is 4.05. The number of benzene rings is 3. The van der Waals surface area contributed by atoms with E-state index >= 15 is 0 Å². The van der Waals surface area contributed by atoms with E-state index in [-0.39, 0.29) is 11.2 Å². The largest absolute Gasteiger partial charge is 0.495 e. The van der Waals surface area contributed by atoms with Crippen LogP contribution in [0, 0.1) is 0 Å². The Balaban J connectivity index is 1.78. The molecule has 3 aromatic carbocycles. The Morgan fingerprint density at radius 3 is 2.04 bits per heavy atom. The fraction of sp³-hybridized carbons (Fsp3) is 0.273. The van der Waals surface area contributed by atoms with Crippen LogP contribution in [0.4, 0.5) is 0 Å². The van der Waals surface area contributed by atoms with Gasteiger partial charge in [-0.1, -0.05) is 42.5 Å². The molecule has 132 valence electrons. The maximum Gasteiger partial charge on any atom is 0.495 e. The van der Waals surface area contributed by atoms with Crippen LogP contribution >= 0.6 is 0 Å². The van der Waals surface area contributed by atoms with E-state index in [4.69, 9.17) is 14.0 Å². The zero-order valence-corrected chi connectivity index (χ0v) is 15.7. The van der Waals surface area contributed by atoms with Gasteiger partial charge >= 0.3 is 7.12 Å². The van der Waals surface area contributed by atoms with Gasteiger partial charge in [0.1, 0.15) is 11.5 Å². The van der Waals surface area contributed by atoms with Gasteiger partial charge in [-0.05, 0) is 68.2 Å². The molecule has 0 spiro atoms. The summed E-state index contributed by atoms with van der Waals surface area (Å²) in [6.07, 6.45) is 0. The number of para-hydroxylation sites is 1. The molecule has 3 nitrogen and oxygen atoms in total. The van der Waals surface area contributed by atoms with Gasteiger partial charge in [0, 0.05) is 0 Å². The molecule has 1 fully saturated rings. The number of fused-ring (bicyclic) bond motifs is 1. The molecule has 3 aromatic rings. The minimum Gasteiger partial charge on any atom is -0.457 e. The fourth-order valence-electron chi connectivity index (χ4n) is 3.16. The predicted molar refractivity (Wildman–Crippen MR) is 106 cm³/mol. The van der Waals surface area contributed by atoms with E-state index in [1.54, 1.807) is 0 Å². The maximum absolute atomic E-state index is 6.29. The molecule has 0 bridgehead atoms. The van der Waals surface area contributed by atoms with Crippen molar-refractivity contribution in [3.05, 3.63) is 66.7 Å². The maximum atomic E-state index is 6.29. The second-order valence-electron chi connectivity index (χ2n) is 7.74. The average molecular weight is 346 g/mol. The van der Waals surface area contributed by atoms with Crippen molar-refractivity contribution in [1.82, 2.24) is 0 Å². The Hall–Kier alpha value is -2.30. The lowest BCUT2D eigenvalue weighted by Crippen LogP contribution is -2.41.